The number of hydrogen-bond acceptors (Lipinski definition) is 5. The summed E-state index contributed by atoms with van der Waals surface area (Å²) in [5.41, 5.74) is 3.07. The second kappa shape index (κ2) is 8.73. The molecule has 0 aliphatic carbocycles. The van der Waals surface area contributed by atoms with Crippen LogP contribution in [0.2, 0.25) is 5.02 Å². The highest BCUT2D eigenvalue weighted by Gasteiger charge is 2.24. The first-order valence-corrected chi connectivity index (χ1v) is 13.4. The summed E-state index contributed by atoms with van der Waals surface area (Å²) in [5.74, 6) is 0.156. The number of benzene rings is 1. The standard InChI is InChI=1S/C22H27ClN5O2P/c1-14-11-15(12-19(25-14)31(2,3)30)21(29)27-22-26-18-9-6-8-17(23)20(18)28(22)16-7-4-5-10-24-13-16/h6,8-9,11-12,16,24H,4-5,7,10,13H2,1-3H3,(H,26,27,29). The number of pyridine rings is 1. The molecule has 1 aliphatic heterocycles. The second-order valence-electron chi connectivity index (χ2n) is 8.43. The van der Waals surface area contributed by atoms with Gasteiger partial charge in [0.25, 0.3) is 5.91 Å². The number of halogens is 1. The molecule has 4 rings (SSSR count). The topological polar surface area (TPSA) is 88.9 Å². The third-order valence-electron chi connectivity index (χ3n) is 5.53. The summed E-state index contributed by atoms with van der Waals surface area (Å²) in [6.07, 6.45) is 3.18. The van der Waals surface area contributed by atoms with Gasteiger partial charge in [0.05, 0.1) is 16.1 Å². The van der Waals surface area contributed by atoms with Crippen molar-refractivity contribution in [3.63, 3.8) is 0 Å². The Hall–Kier alpha value is -2.21. The third kappa shape index (κ3) is 4.69. The summed E-state index contributed by atoms with van der Waals surface area (Å²) < 4.78 is 14.6. The predicted octanol–water partition coefficient (Wildman–Crippen LogP) is 4.21. The molecule has 164 valence electrons. The van der Waals surface area contributed by atoms with E-state index >= 15 is 0 Å². The Balaban J connectivity index is 1.76. The fourth-order valence-corrected chi connectivity index (χ4v) is 5.11. The monoisotopic (exact) mass is 459 g/mol. The quantitative estimate of drug-likeness (QED) is 0.570. The SMILES string of the molecule is Cc1cc(C(=O)Nc2nc3cccc(Cl)c3n2C2CCCCNC2)cc(P(C)(C)=O)n1. The summed E-state index contributed by atoms with van der Waals surface area (Å²) >= 11 is 6.55. The molecule has 1 fully saturated rings. The van der Waals surface area contributed by atoms with Crippen LogP contribution in [-0.4, -0.2) is 46.9 Å². The van der Waals surface area contributed by atoms with Gasteiger partial charge in [-0.05, 0) is 63.9 Å². The number of nitrogens with one attached hydrogen (secondary N) is 2. The molecule has 2 aromatic heterocycles. The summed E-state index contributed by atoms with van der Waals surface area (Å²) in [4.78, 5) is 22.2. The first-order chi connectivity index (χ1) is 14.7. The van der Waals surface area contributed by atoms with Crippen molar-refractivity contribution >= 4 is 47.1 Å². The van der Waals surface area contributed by atoms with Gasteiger partial charge in [-0.15, -0.1) is 0 Å². The Morgan fingerprint density at radius 1 is 1.26 bits per heavy atom. The second-order valence-corrected chi connectivity index (χ2v) is 12.0. The minimum Gasteiger partial charge on any atom is -0.318 e. The van der Waals surface area contributed by atoms with Gasteiger partial charge in [0.2, 0.25) is 5.95 Å². The normalized spacial score (nSPS) is 17.5. The first kappa shape index (κ1) is 22.0. The first-order valence-electron chi connectivity index (χ1n) is 10.5. The summed E-state index contributed by atoms with van der Waals surface area (Å²) in [6, 6.07) is 9.03. The fraction of sp³-hybridized carbons (Fsp3) is 0.409. The lowest BCUT2D eigenvalue weighted by Crippen LogP contribution is -2.26. The van der Waals surface area contributed by atoms with Crippen LogP contribution in [0.1, 0.15) is 41.4 Å². The van der Waals surface area contributed by atoms with Gasteiger partial charge in [-0.1, -0.05) is 24.1 Å². The van der Waals surface area contributed by atoms with E-state index in [-0.39, 0.29) is 11.9 Å². The molecule has 9 heteroatoms. The maximum absolute atomic E-state index is 13.2. The summed E-state index contributed by atoms with van der Waals surface area (Å²) in [6.45, 7) is 6.86. The van der Waals surface area contributed by atoms with Crippen molar-refractivity contribution in [1.29, 1.82) is 0 Å². The van der Waals surface area contributed by atoms with Crippen molar-refractivity contribution in [3.8, 4) is 0 Å². The number of carbonyl (C=O) groups is 1. The molecule has 7 nitrogen and oxygen atoms in total. The van der Waals surface area contributed by atoms with E-state index in [1.54, 1.807) is 32.4 Å². The lowest BCUT2D eigenvalue weighted by molar-refractivity contribution is 0.102. The van der Waals surface area contributed by atoms with Gasteiger partial charge in [-0.3, -0.25) is 15.1 Å². The van der Waals surface area contributed by atoms with Crippen LogP contribution in [0.15, 0.2) is 30.3 Å². The van der Waals surface area contributed by atoms with Crippen molar-refractivity contribution in [2.75, 3.05) is 31.7 Å². The van der Waals surface area contributed by atoms with E-state index < -0.39 is 7.14 Å². The van der Waals surface area contributed by atoms with Crippen molar-refractivity contribution in [3.05, 3.63) is 46.6 Å². The van der Waals surface area contributed by atoms with Crippen LogP contribution in [0, 0.1) is 6.92 Å². The number of aryl methyl sites for hydroxylation is 1. The Kier molecular flexibility index (Phi) is 6.20. The number of imidazole rings is 1. The van der Waals surface area contributed by atoms with Gasteiger partial charge in [-0.25, -0.2) is 4.98 Å². The molecule has 31 heavy (non-hydrogen) atoms. The van der Waals surface area contributed by atoms with E-state index in [2.05, 4.69) is 20.6 Å². The van der Waals surface area contributed by atoms with Crippen LogP contribution in [0.25, 0.3) is 11.0 Å². The highest BCUT2D eigenvalue weighted by molar-refractivity contribution is 7.69. The van der Waals surface area contributed by atoms with Crippen LogP contribution in [0.5, 0.6) is 0 Å². The zero-order chi connectivity index (χ0) is 22.2. The number of rotatable bonds is 4. The molecule has 0 bridgehead atoms. The van der Waals surface area contributed by atoms with Crippen molar-refractivity contribution in [2.24, 2.45) is 0 Å². The Labute approximate surface area is 187 Å². The average molecular weight is 460 g/mol. The highest BCUT2D eigenvalue weighted by Crippen LogP contribution is 2.35. The lowest BCUT2D eigenvalue weighted by atomic mass is 10.1. The van der Waals surface area contributed by atoms with Crippen LogP contribution in [0.4, 0.5) is 5.95 Å². The molecule has 0 spiro atoms. The van der Waals surface area contributed by atoms with Gasteiger partial charge >= 0.3 is 0 Å². The number of fused-ring (bicyclic) bond motifs is 1. The van der Waals surface area contributed by atoms with Gasteiger partial charge in [0.15, 0.2) is 0 Å². The molecular formula is C22H27ClN5O2P. The highest BCUT2D eigenvalue weighted by atomic mass is 35.5. The van der Waals surface area contributed by atoms with Crippen molar-refractivity contribution < 1.29 is 9.36 Å². The Morgan fingerprint density at radius 2 is 2.06 bits per heavy atom. The molecule has 0 saturated carbocycles. The summed E-state index contributed by atoms with van der Waals surface area (Å²) in [5, 5.41) is 7.05. The van der Waals surface area contributed by atoms with E-state index in [0.29, 0.717) is 27.7 Å². The number of para-hydroxylation sites is 1. The Bertz CT molecular complexity index is 1180. The predicted molar refractivity (Wildman–Crippen MR) is 127 cm³/mol. The van der Waals surface area contributed by atoms with Crippen LogP contribution in [-0.2, 0) is 4.57 Å². The van der Waals surface area contributed by atoms with Gasteiger partial charge in [-0.2, -0.15) is 0 Å². The van der Waals surface area contributed by atoms with E-state index in [4.69, 9.17) is 11.6 Å². The van der Waals surface area contributed by atoms with Crippen LogP contribution >= 0.6 is 18.7 Å². The van der Waals surface area contributed by atoms with Gasteiger partial charge in [0.1, 0.15) is 12.6 Å². The minimum atomic E-state index is -2.60. The molecule has 0 radical (unpaired) electrons. The molecule has 1 atom stereocenters. The van der Waals surface area contributed by atoms with E-state index in [1.807, 2.05) is 22.8 Å². The Morgan fingerprint density at radius 3 is 2.84 bits per heavy atom. The largest absolute Gasteiger partial charge is 0.318 e. The van der Waals surface area contributed by atoms with Gasteiger partial charge in [0, 0.05) is 23.8 Å². The number of amides is 1. The fourth-order valence-electron chi connectivity index (χ4n) is 4.00. The molecule has 2 N–H and O–H groups in total. The van der Waals surface area contributed by atoms with E-state index in [0.717, 1.165) is 43.4 Å². The number of nitrogens with zero attached hydrogens (tertiary/aromatic N) is 3. The van der Waals surface area contributed by atoms with E-state index in [1.165, 1.54) is 0 Å². The number of carbonyl (C=O) groups excluding carboxylic acids is 1. The molecular weight excluding hydrogens is 433 g/mol. The maximum Gasteiger partial charge on any atom is 0.258 e. The molecule has 1 aliphatic rings. The van der Waals surface area contributed by atoms with Crippen LogP contribution < -0.4 is 16.1 Å². The zero-order valence-corrected chi connectivity index (χ0v) is 19.6. The average Bonchev–Trinajstić information content (AvgIpc) is 2.87. The molecule has 1 unspecified atom stereocenters. The number of anilines is 1. The molecule has 3 heterocycles. The lowest BCUT2D eigenvalue weighted by Gasteiger charge is -2.21. The molecule has 1 amide bonds. The minimum absolute atomic E-state index is 0.129. The molecule has 1 aromatic carbocycles. The number of hydrogen-bond donors (Lipinski definition) is 2. The summed E-state index contributed by atoms with van der Waals surface area (Å²) in [7, 11) is -2.60. The molecule has 1 saturated heterocycles. The number of aromatic nitrogens is 3. The maximum atomic E-state index is 13.2. The van der Waals surface area contributed by atoms with Gasteiger partial charge < -0.3 is 14.4 Å². The smallest absolute Gasteiger partial charge is 0.258 e. The third-order valence-corrected chi connectivity index (χ3v) is 7.16. The van der Waals surface area contributed by atoms with Crippen molar-refractivity contribution in [2.45, 2.75) is 32.2 Å². The molecule has 3 aromatic rings. The van der Waals surface area contributed by atoms with Crippen molar-refractivity contribution in [1.82, 2.24) is 19.9 Å². The van der Waals surface area contributed by atoms with Crippen LogP contribution in [0.3, 0.4) is 0 Å². The zero-order valence-electron chi connectivity index (χ0n) is 18.0. The van der Waals surface area contributed by atoms with E-state index in [9.17, 15) is 9.36 Å².